The molecule has 15 nitrogen and oxygen atoms in total. The van der Waals surface area contributed by atoms with E-state index in [1.807, 2.05) is 0 Å². The summed E-state index contributed by atoms with van der Waals surface area (Å²) in [5.74, 6) is -3.27. The van der Waals surface area contributed by atoms with E-state index in [9.17, 15) is 29.7 Å². The van der Waals surface area contributed by atoms with Gasteiger partial charge in [-0.25, -0.2) is 0 Å². The van der Waals surface area contributed by atoms with Crippen molar-refractivity contribution in [3.8, 4) is 0 Å². The lowest BCUT2D eigenvalue weighted by Gasteiger charge is -2.02. The first-order valence-electron chi connectivity index (χ1n) is 16.3. The number of carboxylic acid groups (broad SMARTS) is 3. The quantitative estimate of drug-likeness (QED) is 0.0522. The molecule has 0 aliphatic carbocycles. The lowest BCUT2D eigenvalue weighted by molar-refractivity contribution is -0.657. The number of hydrogen-bond donors (Lipinski definition) is 3. The van der Waals surface area contributed by atoms with Crippen LogP contribution >= 0.6 is 0 Å². The number of allylic oxidation sites excluding steroid dienone is 1. The van der Waals surface area contributed by atoms with E-state index in [0.717, 1.165) is 104 Å². The number of hydrogen-bond acceptors (Lipinski definition) is 12. The van der Waals surface area contributed by atoms with Crippen LogP contribution in [0, 0.1) is 0 Å². The van der Waals surface area contributed by atoms with Gasteiger partial charge in [-0.15, -0.1) is 0 Å². The molecule has 0 spiro atoms. The predicted octanol–water partition coefficient (Wildman–Crippen LogP) is -4.55. The number of ether oxygens (including phenoxy) is 6. The first-order chi connectivity index (χ1) is 22.6. The summed E-state index contributed by atoms with van der Waals surface area (Å²) in [5.41, 5.74) is 0. The molecule has 0 rings (SSSR count). The minimum absolute atomic E-state index is 0.00699. The zero-order valence-corrected chi connectivity index (χ0v) is 30.4. The highest BCUT2D eigenvalue weighted by Gasteiger charge is 1.91. The molecule has 0 saturated carbocycles. The molecule has 15 heteroatoms. The molecule has 0 bridgehead atoms. The van der Waals surface area contributed by atoms with E-state index in [0.29, 0.717) is 19.3 Å². The van der Waals surface area contributed by atoms with Gasteiger partial charge in [-0.05, 0) is 38.2 Å². The smallest absolute Gasteiger partial charge is 0.0993 e. The van der Waals surface area contributed by atoms with Gasteiger partial charge in [0, 0.05) is 54.6 Å². The number of nitrogens with two attached hydrogens (primary N) is 3. The van der Waals surface area contributed by atoms with Crippen molar-refractivity contribution in [2.75, 3.05) is 122 Å². The van der Waals surface area contributed by atoms with Crippen molar-refractivity contribution in [3.63, 3.8) is 0 Å². The normalized spacial score (nSPS) is 9.94. The third-order valence-corrected chi connectivity index (χ3v) is 5.40. The van der Waals surface area contributed by atoms with Gasteiger partial charge in [0.05, 0.1) is 84.9 Å². The highest BCUT2D eigenvalue weighted by atomic mass is 16.5. The highest BCUT2D eigenvalue weighted by Crippen LogP contribution is 2.01. The van der Waals surface area contributed by atoms with Crippen molar-refractivity contribution in [2.24, 2.45) is 0 Å². The summed E-state index contributed by atoms with van der Waals surface area (Å²) in [6.07, 6.45) is 7.26. The number of methoxy groups -OCH3 is 6. The summed E-state index contributed by atoms with van der Waals surface area (Å²) in [5, 5.41) is 36.0. The summed E-state index contributed by atoms with van der Waals surface area (Å²) < 4.78 is 29.1. The van der Waals surface area contributed by atoms with E-state index < -0.39 is 17.9 Å². The average Bonchev–Trinajstić information content (AvgIpc) is 3.04. The number of aliphatic carboxylic acids is 3. The molecule has 0 atom stereocenters. The third kappa shape index (κ3) is 86.2. The van der Waals surface area contributed by atoms with Crippen molar-refractivity contribution in [3.05, 3.63) is 12.2 Å². The largest absolute Gasteiger partial charge is 0.550 e. The fourth-order valence-electron chi connectivity index (χ4n) is 2.86. The molecular formula is C32H69N3O12. The van der Waals surface area contributed by atoms with E-state index in [-0.39, 0.29) is 12.8 Å². The molecular weight excluding hydrogens is 618 g/mol. The van der Waals surface area contributed by atoms with Crippen LogP contribution < -0.4 is 31.3 Å². The second-order valence-corrected chi connectivity index (χ2v) is 9.72. The molecule has 0 amide bonds. The van der Waals surface area contributed by atoms with Gasteiger partial charge < -0.3 is 74.1 Å². The van der Waals surface area contributed by atoms with Crippen LogP contribution in [0.2, 0.25) is 0 Å². The Morgan fingerprint density at radius 3 is 1.02 bits per heavy atom. The van der Waals surface area contributed by atoms with Crippen LogP contribution in [-0.2, 0) is 42.8 Å². The number of carboxylic acids is 3. The van der Waals surface area contributed by atoms with Crippen molar-refractivity contribution in [1.29, 1.82) is 0 Å². The van der Waals surface area contributed by atoms with Crippen LogP contribution in [0.1, 0.15) is 58.3 Å². The Kier molecular flexibility index (Phi) is 64.8. The van der Waals surface area contributed by atoms with Crippen molar-refractivity contribution in [1.82, 2.24) is 0 Å². The van der Waals surface area contributed by atoms with Crippen LogP contribution in [0.5, 0.6) is 0 Å². The molecule has 0 heterocycles. The van der Waals surface area contributed by atoms with Crippen LogP contribution in [0.25, 0.3) is 0 Å². The fraction of sp³-hybridized carbons (Fsp3) is 0.844. The SMILES string of the molecule is CCCCC=CC(=O)[O-].COCC[NH2+]CCOC.COCC[NH2+]CCOC.COCC[NH2+]CCOC.O=C([O-])CCCCCC(=O)[O-]. The molecule has 0 unspecified atom stereocenters. The first kappa shape index (κ1) is 54.2. The summed E-state index contributed by atoms with van der Waals surface area (Å²) >= 11 is 0. The van der Waals surface area contributed by atoms with Gasteiger partial charge in [-0.1, -0.05) is 32.3 Å². The molecule has 0 aromatic heterocycles. The van der Waals surface area contributed by atoms with Crippen molar-refractivity contribution in [2.45, 2.75) is 58.3 Å². The first-order valence-corrected chi connectivity index (χ1v) is 16.3. The Labute approximate surface area is 284 Å². The molecule has 0 aromatic carbocycles. The molecule has 0 saturated heterocycles. The van der Waals surface area contributed by atoms with Gasteiger partial charge in [0.2, 0.25) is 0 Å². The lowest BCUT2D eigenvalue weighted by atomic mass is 10.1. The topological polar surface area (TPSA) is 226 Å². The fourth-order valence-corrected chi connectivity index (χ4v) is 2.86. The van der Waals surface area contributed by atoms with E-state index in [1.54, 1.807) is 48.7 Å². The van der Waals surface area contributed by atoms with Gasteiger partial charge in [-0.3, -0.25) is 0 Å². The van der Waals surface area contributed by atoms with Crippen LogP contribution in [0.3, 0.4) is 0 Å². The second-order valence-electron chi connectivity index (χ2n) is 9.72. The van der Waals surface area contributed by atoms with Crippen LogP contribution in [0.4, 0.5) is 0 Å². The van der Waals surface area contributed by atoms with E-state index in [1.165, 1.54) is 0 Å². The number of carbonyl (C=O) groups excluding carboxylic acids is 3. The third-order valence-electron chi connectivity index (χ3n) is 5.40. The van der Waals surface area contributed by atoms with Gasteiger partial charge in [0.1, 0.15) is 0 Å². The van der Waals surface area contributed by atoms with E-state index in [2.05, 4.69) is 22.9 Å². The Morgan fingerprint density at radius 1 is 0.511 bits per heavy atom. The molecule has 6 N–H and O–H groups in total. The number of rotatable bonds is 28. The van der Waals surface area contributed by atoms with Gasteiger partial charge in [0.25, 0.3) is 0 Å². The molecule has 47 heavy (non-hydrogen) atoms. The molecule has 0 radical (unpaired) electrons. The maximum Gasteiger partial charge on any atom is 0.0993 e. The van der Waals surface area contributed by atoms with E-state index in [4.69, 9.17) is 28.4 Å². The Morgan fingerprint density at radius 2 is 0.809 bits per heavy atom. The Balaban J connectivity index is -0.000000157. The standard InChI is InChI=1S/C7H12O4.C7H12O2.3C6H15NO2/c8-6(9)4-2-1-3-5-7(10)11;1-2-3-4-5-6-7(8)9;3*1-8-5-3-7-4-6-9-2/h1-5H2,(H,8,9)(H,10,11);5-6H,2-4H2,1H3,(H,8,9);3*7H,3-6H2,1-2H3. The maximum absolute atomic E-state index is 9.86. The molecule has 0 fully saturated rings. The number of carbonyl (C=O) groups is 3. The Hall–Kier alpha value is -2.21. The van der Waals surface area contributed by atoms with Crippen molar-refractivity contribution >= 4 is 17.9 Å². The zero-order chi connectivity index (χ0) is 36.7. The predicted molar refractivity (Wildman–Crippen MR) is 173 cm³/mol. The monoisotopic (exact) mass is 687 g/mol. The van der Waals surface area contributed by atoms with E-state index >= 15 is 0 Å². The Bertz CT molecular complexity index is 563. The maximum atomic E-state index is 9.86. The van der Waals surface area contributed by atoms with Gasteiger partial charge in [-0.2, -0.15) is 0 Å². The number of unbranched alkanes of at least 4 members (excludes halogenated alkanes) is 4. The summed E-state index contributed by atoms with van der Waals surface area (Å²) in [6.45, 7) is 13.2. The van der Waals surface area contributed by atoms with Gasteiger partial charge in [0.15, 0.2) is 0 Å². The molecule has 0 aliphatic rings. The van der Waals surface area contributed by atoms with Gasteiger partial charge >= 0.3 is 0 Å². The highest BCUT2D eigenvalue weighted by molar-refractivity contribution is 5.77. The average molecular weight is 688 g/mol. The molecule has 284 valence electrons. The summed E-state index contributed by atoms with van der Waals surface area (Å²) in [7, 11) is 10.3. The summed E-state index contributed by atoms with van der Waals surface area (Å²) in [4.78, 5) is 29.5. The van der Waals surface area contributed by atoms with Crippen LogP contribution in [-0.4, -0.2) is 139 Å². The second kappa shape index (κ2) is 56.1. The molecule has 0 aliphatic heterocycles. The lowest BCUT2D eigenvalue weighted by Crippen LogP contribution is -2.86. The van der Waals surface area contributed by atoms with Crippen LogP contribution in [0.15, 0.2) is 12.2 Å². The minimum Gasteiger partial charge on any atom is -0.550 e. The zero-order valence-electron chi connectivity index (χ0n) is 30.4. The minimum atomic E-state index is -1.11. The summed E-state index contributed by atoms with van der Waals surface area (Å²) in [6, 6.07) is 0. The number of quaternary nitrogens is 3. The van der Waals surface area contributed by atoms with Crippen molar-refractivity contribution < 1.29 is 74.1 Å². The molecule has 0 aromatic rings.